The predicted molar refractivity (Wildman–Crippen MR) is 74.3 cm³/mol. The van der Waals surface area contributed by atoms with Crippen molar-refractivity contribution >= 4 is 11.3 Å². The van der Waals surface area contributed by atoms with Crippen molar-refractivity contribution in [3.63, 3.8) is 0 Å². The van der Waals surface area contributed by atoms with Crippen LogP contribution in [0.2, 0.25) is 0 Å². The molecule has 1 atom stereocenters. The van der Waals surface area contributed by atoms with Gasteiger partial charge in [-0.25, -0.2) is 0 Å². The van der Waals surface area contributed by atoms with Crippen molar-refractivity contribution in [2.75, 3.05) is 11.4 Å². The van der Waals surface area contributed by atoms with Crippen LogP contribution in [0.5, 0.6) is 0 Å². The molecule has 0 saturated carbocycles. The number of fused-ring (bicyclic) bond motifs is 3. The largest absolute Gasteiger partial charge is 0.362 e. The summed E-state index contributed by atoms with van der Waals surface area (Å²) in [5.74, 6) is 0. The van der Waals surface area contributed by atoms with Crippen LogP contribution in [0, 0.1) is 0 Å². The van der Waals surface area contributed by atoms with Crippen molar-refractivity contribution in [3.8, 4) is 0 Å². The van der Waals surface area contributed by atoms with Crippen molar-refractivity contribution in [1.82, 2.24) is 0 Å². The summed E-state index contributed by atoms with van der Waals surface area (Å²) in [6.45, 7) is 8.16. The van der Waals surface area contributed by atoms with E-state index in [4.69, 9.17) is 0 Å². The summed E-state index contributed by atoms with van der Waals surface area (Å²) in [6.07, 6.45) is 3.99. The molecular weight excluding hydrogens is 206 g/mol. The highest BCUT2D eigenvalue weighted by molar-refractivity contribution is 5.92. The Labute approximate surface area is 104 Å². The van der Waals surface area contributed by atoms with Crippen LogP contribution in [0.15, 0.2) is 29.8 Å². The SMILES string of the molecule is CC(C)=C1c2ccccc2N2CCCCC12C. The maximum atomic E-state index is 2.63. The lowest BCUT2D eigenvalue weighted by Crippen LogP contribution is -2.47. The molecule has 0 radical (unpaired) electrons. The van der Waals surface area contributed by atoms with Crippen molar-refractivity contribution in [1.29, 1.82) is 0 Å². The fourth-order valence-corrected chi connectivity index (χ4v) is 3.79. The molecule has 0 aliphatic carbocycles. The number of benzene rings is 1. The molecule has 1 unspecified atom stereocenters. The Morgan fingerprint density at radius 3 is 2.71 bits per heavy atom. The average molecular weight is 227 g/mol. The average Bonchev–Trinajstić information content (AvgIpc) is 2.57. The lowest BCUT2D eigenvalue weighted by molar-refractivity contribution is 0.421. The maximum absolute atomic E-state index is 2.63. The van der Waals surface area contributed by atoms with Gasteiger partial charge >= 0.3 is 0 Å². The van der Waals surface area contributed by atoms with E-state index in [1.165, 1.54) is 42.6 Å². The Kier molecular flexibility index (Phi) is 2.32. The van der Waals surface area contributed by atoms with Gasteiger partial charge in [-0.15, -0.1) is 0 Å². The quantitative estimate of drug-likeness (QED) is 0.640. The molecule has 2 heterocycles. The zero-order chi connectivity index (χ0) is 12.0. The van der Waals surface area contributed by atoms with Crippen LogP contribution in [0.3, 0.4) is 0 Å². The van der Waals surface area contributed by atoms with Gasteiger partial charge in [0.2, 0.25) is 0 Å². The van der Waals surface area contributed by atoms with Crippen LogP contribution < -0.4 is 4.90 Å². The molecule has 0 N–H and O–H groups in total. The van der Waals surface area contributed by atoms with Crippen molar-refractivity contribution in [2.24, 2.45) is 0 Å². The third-order valence-electron chi connectivity index (χ3n) is 4.39. The second-order valence-corrected chi connectivity index (χ2v) is 5.77. The number of rotatable bonds is 0. The molecule has 90 valence electrons. The predicted octanol–water partition coefficient (Wildman–Crippen LogP) is 4.24. The van der Waals surface area contributed by atoms with Crippen molar-refractivity contribution in [2.45, 2.75) is 45.6 Å². The fourth-order valence-electron chi connectivity index (χ4n) is 3.79. The molecule has 1 nitrogen and oxygen atoms in total. The number of anilines is 1. The summed E-state index contributed by atoms with van der Waals surface area (Å²) < 4.78 is 0. The van der Waals surface area contributed by atoms with Gasteiger partial charge in [-0.1, -0.05) is 23.8 Å². The number of nitrogens with zero attached hydrogens (tertiary/aromatic N) is 1. The van der Waals surface area contributed by atoms with Gasteiger partial charge in [-0.05, 0) is 51.7 Å². The molecule has 0 aromatic heterocycles. The van der Waals surface area contributed by atoms with Gasteiger partial charge in [0.1, 0.15) is 0 Å². The second kappa shape index (κ2) is 3.63. The number of hydrogen-bond donors (Lipinski definition) is 0. The molecule has 1 aromatic rings. The first kappa shape index (κ1) is 10.9. The van der Waals surface area contributed by atoms with Crippen LogP contribution in [0.1, 0.15) is 45.6 Å². The Morgan fingerprint density at radius 1 is 1.18 bits per heavy atom. The smallest absolute Gasteiger partial charge is 0.0631 e. The second-order valence-electron chi connectivity index (χ2n) is 5.77. The van der Waals surface area contributed by atoms with Gasteiger partial charge in [0.05, 0.1) is 5.54 Å². The summed E-state index contributed by atoms with van der Waals surface area (Å²) in [6, 6.07) is 8.92. The minimum atomic E-state index is 0.251. The van der Waals surface area contributed by atoms with Gasteiger partial charge in [-0.3, -0.25) is 0 Å². The molecule has 3 rings (SSSR count). The topological polar surface area (TPSA) is 3.24 Å². The maximum Gasteiger partial charge on any atom is 0.0631 e. The van der Waals surface area contributed by atoms with Crippen LogP contribution >= 0.6 is 0 Å². The zero-order valence-corrected chi connectivity index (χ0v) is 11.1. The van der Waals surface area contributed by atoms with E-state index >= 15 is 0 Å². The van der Waals surface area contributed by atoms with E-state index in [1.807, 2.05) is 0 Å². The molecule has 1 aromatic carbocycles. The van der Waals surface area contributed by atoms with Crippen molar-refractivity contribution < 1.29 is 0 Å². The first-order valence-electron chi connectivity index (χ1n) is 6.69. The van der Waals surface area contributed by atoms with E-state index in [1.54, 1.807) is 5.57 Å². The van der Waals surface area contributed by atoms with E-state index in [9.17, 15) is 0 Å². The molecule has 1 heteroatoms. The summed E-state index contributed by atoms with van der Waals surface area (Å²) >= 11 is 0. The molecule has 2 aliphatic heterocycles. The molecule has 17 heavy (non-hydrogen) atoms. The van der Waals surface area contributed by atoms with E-state index in [2.05, 4.69) is 49.9 Å². The lowest BCUT2D eigenvalue weighted by atomic mass is 9.81. The van der Waals surface area contributed by atoms with Crippen LogP contribution in [-0.2, 0) is 0 Å². The van der Waals surface area contributed by atoms with Gasteiger partial charge in [0, 0.05) is 17.8 Å². The number of para-hydroxylation sites is 1. The van der Waals surface area contributed by atoms with Gasteiger partial charge in [0.15, 0.2) is 0 Å². The first-order valence-corrected chi connectivity index (χ1v) is 6.69. The lowest BCUT2D eigenvalue weighted by Gasteiger charge is -2.42. The highest BCUT2D eigenvalue weighted by atomic mass is 15.2. The molecule has 2 aliphatic rings. The number of piperidine rings is 1. The first-order chi connectivity index (χ1) is 8.14. The Balaban J connectivity index is 2.25. The normalized spacial score (nSPS) is 26.8. The minimum Gasteiger partial charge on any atom is -0.362 e. The molecule has 0 amide bonds. The monoisotopic (exact) mass is 227 g/mol. The third-order valence-corrected chi connectivity index (χ3v) is 4.39. The molecular formula is C16H21N. The number of allylic oxidation sites excluding steroid dienone is 1. The van der Waals surface area contributed by atoms with E-state index in [-0.39, 0.29) is 5.54 Å². The molecule has 0 spiro atoms. The Morgan fingerprint density at radius 2 is 1.94 bits per heavy atom. The Bertz CT molecular complexity index is 482. The summed E-state index contributed by atoms with van der Waals surface area (Å²) in [5.41, 5.74) is 6.22. The molecule has 1 saturated heterocycles. The van der Waals surface area contributed by atoms with Crippen LogP contribution in [-0.4, -0.2) is 12.1 Å². The zero-order valence-electron chi connectivity index (χ0n) is 11.1. The molecule has 1 fully saturated rings. The fraction of sp³-hybridized carbons (Fsp3) is 0.500. The van der Waals surface area contributed by atoms with Crippen molar-refractivity contribution in [3.05, 3.63) is 35.4 Å². The minimum absolute atomic E-state index is 0.251. The van der Waals surface area contributed by atoms with E-state index < -0.39 is 0 Å². The standard InChI is InChI=1S/C16H21N/c1-12(2)15-13-8-4-5-9-14(13)17-11-7-6-10-16(15,17)3/h4-5,8-9H,6-7,10-11H2,1-3H3. The van der Waals surface area contributed by atoms with Crippen LogP contribution in [0.4, 0.5) is 5.69 Å². The third kappa shape index (κ3) is 1.38. The van der Waals surface area contributed by atoms with Gasteiger partial charge in [-0.2, -0.15) is 0 Å². The van der Waals surface area contributed by atoms with Gasteiger partial charge in [0.25, 0.3) is 0 Å². The van der Waals surface area contributed by atoms with Gasteiger partial charge < -0.3 is 4.90 Å². The van der Waals surface area contributed by atoms with Crippen LogP contribution in [0.25, 0.3) is 5.57 Å². The summed E-state index contributed by atoms with van der Waals surface area (Å²) in [7, 11) is 0. The number of hydrogen-bond acceptors (Lipinski definition) is 1. The van der Waals surface area contributed by atoms with E-state index in [0.29, 0.717) is 0 Å². The highest BCUT2D eigenvalue weighted by Gasteiger charge is 2.45. The molecule has 0 bridgehead atoms. The summed E-state index contributed by atoms with van der Waals surface area (Å²) in [5, 5.41) is 0. The highest BCUT2D eigenvalue weighted by Crippen LogP contribution is 2.52. The summed E-state index contributed by atoms with van der Waals surface area (Å²) in [4.78, 5) is 2.63. The Hall–Kier alpha value is -1.24. The van der Waals surface area contributed by atoms with E-state index in [0.717, 1.165) is 0 Å².